The number of nitrogens with two attached hydrogens (primary N) is 1. The number of hydrogen-bond donors (Lipinski definition) is 4. The Balaban J connectivity index is 0.000000126. The van der Waals surface area contributed by atoms with Crippen LogP contribution in [0.3, 0.4) is 0 Å². The van der Waals surface area contributed by atoms with Gasteiger partial charge in [0.1, 0.15) is 34.9 Å². The lowest BCUT2D eigenvalue weighted by Crippen LogP contribution is -2.18. The summed E-state index contributed by atoms with van der Waals surface area (Å²) < 4.78 is 0. The van der Waals surface area contributed by atoms with E-state index in [2.05, 4.69) is 89.8 Å². The second-order valence-electron chi connectivity index (χ2n) is 11.3. The maximum atomic E-state index is 5.95. The number of hydrogen-bond acceptors (Lipinski definition) is 6. The van der Waals surface area contributed by atoms with Crippen LogP contribution in [0, 0.1) is 13.8 Å². The third kappa shape index (κ3) is 6.55. The van der Waals surface area contributed by atoms with Crippen molar-refractivity contribution in [3.05, 3.63) is 112 Å². The van der Waals surface area contributed by atoms with E-state index in [9.17, 15) is 0 Å². The molecule has 0 fully saturated rings. The van der Waals surface area contributed by atoms with Gasteiger partial charge in [0.15, 0.2) is 0 Å². The number of halogens is 1. The van der Waals surface area contributed by atoms with Gasteiger partial charge in [-0.15, -0.1) is 0 Å². The normalized spacial score (nSPS) is 17.2. The number of anilines is 1. The summed E-state index contributed by atoms with van der Waals surface area (Å²) in [5, 5.41) is 6.07. The Hall–Kier alpha value is -4.27. The molecule has 43 heavy (non-hydrogen) atoms. The number of H-pyrrole nitrogens is 2. The number of benzene rings is 2. The number of aromatic nitrogens is 6. The highest BCUT2D eigenvalue weighted by Gasteiger charge is 2.21. The average Bonchev–Trinajstić information content (AvgIpc) is 3.61. The molecule has 0 bridgehead atoms. The van der Waals surface area contributed by atoms with E-state index >= 15 is 0 Å². The van der Waals surface area contributed by atoms with Crippen molar-refractivity contribution in [1.29, 1.82) is 0 Å². The van der Waals surface area contributed by atoms with Gasteiger partial charge in [0.05, 0.1) is 16.8 Å². The summed E-state index contributed by atoms with van der Waals surface area (Å²) in [6.07, 6.45) is 10.2. The third-order valence-corrected chi connectivity index (χ3v) is 8.47. The van der Waals surface area contributed by atoms with E-state index in [4.69, 9.17) is 17.3 Å². The lowest BCUT2D eigenvalue weighted by Gasteiger charge is -2.26. The van der Waals surface area contributed by atoms with Crippen molar-refractivity contribution in [3.8, 4) is 0 Å². The number of fused-ring (bicyclic) bond motifs is 4. The van der Waals surface area contributed by atoms with Crippen LogP contribution in [-0.4, -0.2) is 29.9 Å². The molecular weight excluding hydrogens is 556 g/mol. The minimum atomic E-state index is 0.292. The van der Waals surface area contributed by atoms with E-state index in [-0.39, 0.29) is 0 Å². The predicted molar refractivity (Wildman–Crippen MR) is 174 cm³/mol. The molecule has 8 rings (SSSR count). The van der Waals surface area contributed by atoms with Crippen LogP contribution in [0.4, 0.5) is 5.82 Å². The molecule has 8 nitrogen and oxygen atoms in total. The van der Waals surface area contributed by atoms with E-state index in [1.54, 1.807) is 6.33 Å². The quantitative estimate of drug-likeness (QED) is 0.153. The lowest BCUT2D eigenvalue weighted by atomic mass is 9.88. The Morgan fingerprint density at radius 1 is 0.744 bits per heavy atom. The molecule has 0 aliphatic heterocycles. The van der Waals surface area contributed by atoms with Crippen LogP contribution in [0.1, 0.15) is 71.4 Å². The number of rotatable bonds is 2. The van der Waals surface area contributed by atoms with Gasteiger partial charge >= 0.3 is 0 Å². The molecule has 2 aliphatic rings. The van der Waals surface area contributed by atoms with E-state index in [1.165, 1.54) is 54.3 Å². The fourth-order valence-corrected chi connectivity index (χ4v) is 6.28. The van der Waals surface area contributed by atoms with Gasteiger partial charge in [-0.05, 0) is 86.8 Å². The maximum Gasteiger partial charge on any atom is 0.143 e. The molecule has 2 aliphatic carbocycles. The molecule has 5 N–H and O–H groups in total. The number of nitrogens with zero attached hydrogens (tertiary/aromatic N) is 4. The molecule has 0 saturated heterocycles. The first-order chi connectivity index (χ1) is 21.0. The zero-order valence-corrected chi connectivity index (χ0v) is 25.3. The van der Waals surface area contributed by atoms with Crippen LogP contribution in [0.15, 0.2) is 73.3 Å². The van der Waals surface area contributed by atoms with Crippen molar-refractivity contribution in [2.24, 2.45) is 5.73 Å². The molecule has 4 heterocycles. The molecule has 0 amide bonds. The van der Waals surface area contributed by atoms with Crippen molar-refractivity contribution in [2.45, 2.75) is 64.5 Å². The summed E-state index contributed by atoms with van der Waals surface area (Å²) in [6.45, 7) is 4.00. The van der Waals surface area contributed by atoms with Gasteiger partial charge in [-0.2, -0.15) is 0 Å². The fraction of sp³-hybridized carbons (Fsp3) is 0.294. The van der Waals surface area contributed by atoms with Gasteiger partial charge in [-0.1, -0.05) is 60.1 Å². The SMILES string of the molecule is Cc1cc2c(Cl)ncnc2[nH]1.Cc1cc2c(N[C@@H]3CCCc4ccccc43)ncnc2[nH]1.N[C@@H]1CCCc2ccccc21. The Kier molecular flexibility index (Phi) is 8.67. The lowest BCUT2D eigenvalue weighted by molar-refractivity contribution is 0.570. The van der Waals surface area contributed by atoms with Gasteiger partial charge < -0.3 is 21.0 Å². The topological polar surface area (TPSA) is 121 Å². The van der Waals surface area contributed by atoms with Gasteiger partial charge in [0.25, 0.3) is 0 Å². The molecule has 2 atom stereocenters. The van der Waals surface area contributed by atoms with Gasteiger partial charge in [-0.3, -0.25) is 0 Å². The van der Waals surface area contributed by atoms with Crippen molar-refractivity contribution < 1.29 is 0 Å². The molecule has 0 radical (unpaired) electrons. The highest BCUT2D eigenvalue weighted by atomic mass is 35.5. The summed E-state index contributed by atoms with van der Waals surface area (Å²) in [6, 6.07) is 21.9. The predicted octanol–water partition coefficient (Wildman–Crippen LogP) is 7.70. The standard InChI is InChI=1S/C17H18N4.C10H13N.C7H6ClN3/c1-11-9-14-16(20-11)18-10-19-17(14)21-15-8-4-6-12-5-2-3-7-13(12)15;11-10-7-3-5-8-4-1-2-6-9(8)10;1-4-2-5-6(8)9-3-10-7(5)11-4/h2-3,5,7,9-10,15H,4,6,8H2,1H3,(H2,18,19,20,21);1-2,4,6,10H,3,5,7,11H2;2-3H,1H3,(H,9,10,11)/t15-;10-;/m11./s1. The van der Waals surface area contributed by atoms with E-state index in [0.717, 1.165) is 52.1 Å². The fourth-order valence-electron chi connectivity index (χ4n) is 6.09. The molecule has 9 heteroatoms. The second-order valence-corrected chi connectivity index (χ2v) is 11.7. The number of aromatic amines is 2. The van der Waals surface area contributed by atoms with Crippen molar-refractivity contribution in [2.75, 3.05) is 5.32 Å². The average molecular weight is 593 g/mol. The smallest absolute Gasteiger partial charge is 0.143 e. The summed E-state index contributed by atoms with van der Waals surface area (Å²) >= 11 is 5.80. The van der Waals surface area contributed by atoms with Gasteiger partial charge in [0, 0.05) is 17.4 Å². The summed E-state index contributed by atoms with van der Waals surface area (Å²) in [5.74, 6) is 0.922. The molecule has 220 valence electrons. The first-order valence-electron chi connectivity index (χ1n) is 14.9. The Morgan fingerprint density at radius 2 is 1.33 bits per heavy atom. The molecule has 2 aromatic carbocycles. The van der Waals surface area contributed by atoms with Crippen LogP contribution in [0.5, 0.6) is 0 Å². The van der Waals surface area contributed by atoms with Gasteiger partial charge in [-0.25, -0.2) is 19.9 Å². The third-order valence-electron chi connectivity index (χ3n) is 8.17. The van der Waals surface area contributed by atoms with Crippen LogP contribution < -0.4 is 11.1 Å². The first-order valence-corrected chi connectivity index (χ1v) is 15.3. The molecule has 0 saturated carbocycles. The van der Waals surface area contributed by atoms with E-state index in [1.807, 2.05) is 19.9 Å². The molecule has 0 unspecified atom stereocenters. The van der Waals surface area contributed by atoms with Crippen LogP contribution in [0.2, 0.25) is 5.15 Å². The number of aryl methyl sites for hydroxylation is 4. The van der Waals surface area contributed by atoms with Crippen LogP contribution in [0.25, 0.3) is 22.1 Å². The minimum Gasteiger partial charge on any atom is -0.363 e. The first kappa shape index (κ1) is 28.8. The van der Waals surface area contributed by atoms with Crippen molar-refractivity contribution in [1.82, 2.24) is 29.9 Å². The molecule has 4 aromatic heterocycles. The maximum absolute atomic E-state index is 5.95. The number of nitrogens with one attached hydrogen (secondary N) is 3. The zero-order chi connectivity index (χ0) is 29.8. The Labute approximate surface area is 256 Å². The highest BCUT2D eigenvalue weighted by molar-refractivity contribution is 6.33. The largest absolute Gasteiger partial charge is 0.363 e. The Morgan fingerprint density at radius 3 is 2.02 bits per heavy atom. The summed E-state index contributed by atoms with van der Waals surface area (Å²) in [5.41, 5.74) is 15.5. The van der Waals surface area contributed by atoms with Crippen molar-refractivity contribution in [3.63, 3.8) is 0 Å². The highest BCUT2D eigenvalue weighted by Crippen LogP contribution is 2.33. The van der Waals surface area contributed by atoms with Crippen LogP contribution >= 0.6 is 11.6 Å². The van der Waals surface area contributed by atoms with Gasteiger partial charge in [0.2, 0.25) is 0 Å². The zero-order valence-electron chi connectivity index (χ0n) is 24.6. The minimum absolute atomic E-state index is 0.292. The van der Waals surface area contributed by atoms with E-state index < -0.39 is 0 Å². The second kappa shape index (κ2) is 12.9. The van der Waals surface area contributed by atoms with Crippen LogP contribution in [-0.2, 0) is 12.8 Å². The molecule has 6 aromatic rings. The molecular formula is C34H37ClN8. The summed E-state index contributed by atoms with van der Waals surface area (Å²) in [4.78, 5) is 22.9. The van der Waals surface area contributed by atoms with E-state index in [0.29, 0.717) is 17.2 Å². The van der Waals surface area contributed by atoms with Crippen molar-refractivity contribution >= 4 is 39.5 Å². The Bertz CT molecular complexity index is 1840. The molecule has 0 spiro atoms. The summed E-state index contributed by atoms with van der Waals surface area (Å²) in [7, 11) is 0. The monoisotopic (exact) mass is 592 g/mol.